The number of carbonyl (C=O) groups is 2. The molecule has 2 aromatic carbocycles. The maximum Gasteiger partial charge on any atom is 0.255 e. The van der Waals surface area contributed by atoms with Gasteiger partial charge >= 0.3 is 0 Å². The van der Waals surface area contributed by atoms with Crippen molar-refractivity contribution in [1.29, 1.82) is 0 Å². The minimum Gasteiger partial charge on any atom is -0.496 e. The van der Waals surface area contributed by atoms with Gasteiger partial charge in [-0.2, -0.15) is 0 Å². The fraction of sp³-hybridized carbons (Fsp3) is 0.417. The van der Waals surface area contributed by atoms with Crippen molar-refractivity contribution in [3.63, 3.8) is 0 Å². The molecule has 0 saturated carbocycles. The number of methoxy groups -OCH3 is 1. The number of hydrogen-bond acceptors (Lipinski definition) is 5. The van der Waals surface area contributed by atoms with Gasteiger partial charge in [0.2, 0.25) is 5.91 Å². The summed E-state index contributed by atoms with van der Waals surface area (Å²) in [6, 6.07) is 12.5. The van der Waals surface area contributed by atoms with E-state index in [1.165, 1.54) is 0 Å². The Kier molecular flexibility index (Phi) is 7.74. The Balaban J connectivity index is 1.26. The third kappa shape index (κ3) is 5.60. The lowest BCUT2D eigenvalue weighted by Crippen LogP contribution is -2.54. The normalized spacial score (nSPS) is 19.5. The Morgan fingerprint density at radius 1 is 1.21 bits per heavy atom. The third-order valence-electron chi connectivity index (χ3n) is 6.19. The molecule has 9 heteroatoms. The molecule has 0 radical (unpaired) electrons. The van der Waals surface area contributed by atoms with E-state index < -0.39 is 0 Å². The van der Waals surface area contributed by atoms with Crippen molar-refractivity contribution in [2.45, 2.75) is 30.2 Å². The summed E-state index contributed by atoms with van der Waals surface area (Å²) in [6.07, 6.45) is 2.27. The number of rotatable bonds is 6. The molecule has 0 aliphatic carbocycles. The topological polar surface area (TPSA) is 70.7 Å². The first-order valence-electron chi connectivity index (χ1n) is 11.0. The van der Waals surface area contributed by atoms with Gasteiger partial charge in [0.15, 0.2) is 0 Å². The Labute approximate surface area is 208 Å². The highest BCUT2D eigenvalue weighted by molar-refractivity contribution is 8.01. The minimum atomic E-state index is -0.236. The number of benzene rings is 2. The summed E-state index contributed by atoms with van der Waals surface area (Å²) < 4.78 is 5.37. The van der Waals surface area contributed by atoms with Crippen LogP contribution in [-0.2, 0) is 11.2 Å². The van der Waals surface area contributed by atoms with Gasteiger partial charge in [-0.05, 0) is 49.1 Å². The number of thioether (sulfide) groups is 1. The van der Waals surface area contributed by atoms with Crippen LogP contribution in [0.25, 0.3) is 0 Å². The number of para-hydroxylation sites is 1. The molecule has 33 heavy (non-hydrogen) atoms. The van der Waals surface area contributed by atoms with Crippen LogP contribution in [0.2, 0.25) is 10.0 Å². The summed E-state index contributed by atoms with van der Waals surface area (Å²) in [6.45, 7) is 1.78. The van der Waals surface area contributed by atoms with Crippen LogP contribution < -0.4 is 15.4 Å². The van der Waals surface area contributed by atoms with Crippen molar-refractivity contribution >= 4 is 46.8 Å². The van der Waals surface area contributed by atoms with Gasteiger partial charge in [0.25, 0.3) is 5.91 Å². The second-order valence-corrected chi connectivity index (χ2v) is 10.5. The maximum absolute atomic E-state index is 12.9. The van der Waals surface area contributed by atoms with Crippen LogP contribution in [0.4, 0.5) is 0 Å². The molecule has 2 N–H and O–H groups in total. The number of nitrogens with zero attached hydrogens (tertiary/aromatic N) is 1. The lowest BCUT2D eigenvalue weighted by Gasteiger charge is -2.39. The van der Waals surface area contributed by atoms with Crippen molar-refractivity contribution < 1.29 is 14.3 Å². The molecule has 6 nitrogen and oxygen atoms in total. The molecule has 2 heterocycles. The highest BCUT2D eigenvalue weighted by Gasteiger charge is 2.44. The lowest BCUT2D eigenvalue weighted by molar-refractivity contribution is -0.122. The van der Waals surface area contributed by atoms with Gasteiger partial charge in [0.1, 0.15) is 5.75 Å². The summed E-state index contributed by atoms with van der Waals surface area (Å²) in [4.78, 5) is 27.3. The highest BCUT2D eigenvalue weighted by atomic mass is 35.5. The summed E-state index contributed by atoms with van der Waals surface area (Å²) in [5, 5.41) is 7.46. The molecular formula is C24H27Cl2N3O3S. The number of piperidine rings is 1. The predicted molar refractivity (Wildman–Crippen MR) is 133 cm³/mol. The first-order chi connectivity index (χ1) is 15.9. The summed E-state index contributed by atoms with van der Waals surface area (Å²) in [7, 11) is 1.65. The van der Waals surface area contributed by atoms with Crippen molar-refractivity contribution in [3.05, 3.63) is 63.6 Å². The molecule has 1 unspecified atom stereocenters. The van der Waals surface area contributed by atoms with E-state index in [1.807, 2.05) is 29.2 Å². The summed E-state index contributed by atoms with van der Waals surface area (Å²) >= 11 is 13.9. The number of nitrogens with one attached hydrogen (secondary N) is 2. The quantitative estimate of drug-likeness (QED) is 0.618. The molecule has 2 saturated heterocycles. The van der Waals surface area contributed by atoms with E-state index in [0.717, 1.165) is 29.9 Å². The summed E-state index contributed by atoms with van der Waals surface area (Å²) in [5.74, 6) is 1.49. The van der Waals surface area contributed by atoms with E-state index in [1.54, 1.807) is 37.1 Å². The Hall–Kier alpha value is -1.93. The number of carbonyl (C=O) groups excluding carboxylic acids is 2. The van der Waals surface area contributed by atoms with Gasteiger partial charge in [-0.3, -0.25) is 14.9 Å². The van der Waals surface area contributed by atoms with Gasteiger partial charge in [0, 0.05) is 30.4 Å². The molecule has 176 valence electrons. The lowest BCUT2D eigenvalue weighted by atomic mass is 10.0. The fourth-order valence-corrected chi connectivity index (χ4v) is 6.24. The van der Waals surface area contributed by atoms with Crippen LogP contribution in [0.15, 0.2) is 42.5 Å². The number of amides is 2. The number of ether oxygens (including phenoxy) is 1. The Bertz CT molecular complexity index is 1030. The van der Waals surface area contributed by atoms with E-state index in [2.05, 4.69) is 10.6 Å². The van der Waals surface area contributed by atoms with E-state index in [4.69, 9.17) is 27.9 Å². The second-order valence-electron chi connectivity index (χ2n) is 8.27. The molecular weight excluding hydrogens is 481 g/mol. The van der Waals surface area contributed by atoms with Gasteiger partial charge in [-0.15, -0.1) is 11.8 Å². The molecule has 2 aliphatic heterocycles. The first-order valence-corrected chi connectivity index (χ1v) is 12.7. The van der Waals surface area contributed by atoms with Crippen molar-refractivity contribution in [2.24, 2.45) is 0 Å². The van der Waals surface area contributed by atoms with Crippen molar-refractivity contribution in [2.75, 3.05) is 32.5 Å². The predicted octanol–water partition coefficient (Wildman–Crippen LogP) is 4.00. The van der Waals surface area contributed by atoms with E-state index in [-0.39, 0.29) is 22.7 Å². The van der Waals surface area contributed by atoms with Crippen molar-refractivity contribution in [1.82, 2.24) is 15.5 Å². The Morgan fingerprint density at radius 2 is 1.97 bits per heavy atom. The van der Waals surface area contributed by atoms with Crippen LogP contribution in [0, 0.1) is 0 Å². The van der Waals surface area contributed by atoms with Gasteiger partial charge in [-0.25, -0.2) is 0 Å². The van der Waals surface area contributed by atoms with Crippen LogP contribution in [-0.4, -0.2) is 60.1 Å². The average molecular weight is 508 g/mol. The van der Waals surface area contributed by atoms with Crippen LogP contribution in [0.5, 0.6) is 5.75 Å². The SMILES string of the molecule is COc1ccccc1CCNC(=O)C1CSC2(CCN(C(=O)c3ccc(Cl)cc3Cl)CC2)N1. The minimum absolute atomic E-state index is 0.0146. The molecule has 2 fully saturated rings. The molecule has 4 rings (SSSR count). The Morgan fingerprint density at radius 3 is 2.70 bits per heavy atom. The fourth-order valence-electron chi connectivity index (χ4n) is 4.33. The zero-order valence-electron chi connectivity index (χ0n) is 18.4. The molecule has 2 aliphatic rings. The number of hydrogen-bond donors (Lipinski definition) is 2. The average Bonchev–Trinajstić information content (AvgIpc) is 3.23. The maximum atomic E-state index is 12.9. The summed E-state index contributed by atoms with van der Waals surface area (Å²) in [5.41, 5.74) is 1.54. The zero-order chi connectivity index (χ0) is 23.4. The van der Waals surface area contributed by atoms with Crippen molar-refractivity contribution in [3.8, 4) is 5.75 Å². The zero-order valence-corrected chi connectivity index (χ0v) is 20.7. The first kappa shape index (κ1) is 24.2. The monoisotopic (exact) mass is 507 g/mol. The molecule has 0 aromatic heterocycles. The second kappa shape index (κ2) is 10.6. The van der Waals surface area contributed by atoms with Gasteiger partial charge in [-0.1, -0.05) is 41.4 Å². The smallest absolute Gasteiger partial charge is 0.255 e. The van der Waals surface area contributed by atoms with Gasteiger partial charge < -0.3 is 15.0 Å². The molecule has 0 bridgehead atoms. The molecule has 2 amide bonds. The standard InChI is InChI=1S/C24H27Cl2N3O3S/c1-32-21-5-3-2-4-16(21)8-11-27-22(30)20-15-33-24(28-20)9-12-29(13-10-24)23(31)18-7-6-17(25)14-19(18)26/h2-7,14,20,28H,8-13,15H2,1H3,(H,27,30). The largest absolute Gasteiger partial charge is 0.496 e. The van der Waals surface area contributed by atoms with Crippen LogP contribution in [0.1, 0.15) is 28.8 Å². The van der Waals surface area contributed by atoms with E-state index in [9.17, 15) is 9.59 Å². The van der Waals surface area contributed by atoms with E-state index in [0.29, 0.717) is 41.7 Å². The molecule has 1 atom stereocenters. The van der Waals surface area contributed by atoms with Crippen LogP contribution >= 0.6 is 35.0 Å². The van der Waals surface area contributed by atoms with Crippen LogP contribution in [0.3, 0.4) is 0 Å². The van der Waals surface area contributed by atoms with E-state index >= 15 is 0 Å². The number of halogens is 2. The highest BCUT2D eigenvalue weighted by Crippen LogP contribution is 2.39. The molecule has 2 aromatic rings. The van der Waals surface area contributed by atoms with Gasteiger partial charge in [0.05, 0.1) is 28.6 Å². The molecule has 1 spiro atoms. The number of likely N-dealkylation sites (tertiary alicyclic amines) is 1. The third-order valence-corrected chi connectivity index (χ3v) is 8.31.